The van der Waals surface area contributed by atoms with Crippen molar-refractivity contribution in [1.82, 2.24) is 0 Å². The summed E-state index contributed by atoms with van der Waals surface area (Å²) in [7, 11) is 0. The van der Waals surface area contributed by atoms with E-state index >= 15 is 0 Å². The Hall–Kier alpha value is -0.570. The monoisotopic (exact) mass is 156 g/mol. The molecule has 0 saturated heterocycles. The molecule has 54 valence electrons. The number of hydrogen-bond acceptors (Lipinski definition) is 3. The van der Waals surface area contributed by atoms with Crippen LogP contribution in [0.25, 0.3) is 0 Å². The Morgan fingerprint density at radius 1 is 1.70 bits per heavy atom. The lowest BCUT2D eigenvalue weighted by atomic mass is 10.1. The first-order chi connectivity index (χ1) is 4.75. The van der Waals surface area contributed by atoms with Gasteiger partial charge in [-0.15, -0.1) is 11.8 Å². The van der Waals surface area contributed by atoms with E-state index in [2.05, 4.69) is 0 Å². The second-order valence-electron chi connectivity index (χ2n) is 2.26. The summed E-state index contributed by atoms with van der Waals surface area (Å²) in [6, 6.07) is 0. The summed E-state index contributed by atoms with van der Waals surface area (Å²) < 4.78 is 0. The molecule has 0 aromatic rings. The van der Waals surface area contributed by atoms with Crippen molar-refractivity contribution < 1.29 is 9.59 Å². The number of ketones is 1. The molecule has 0 fully saturated rings. The smallest absolute Gasteiger partial charge is 0.209 e. The standard InChI is InChI=1S/C7H8O2S/c1-5-2-3-10-7(5)6(9)4-8/h2-5,7H,1H3. The van der Waals surface area contributed by atoms with Crippen LogP contribution >= 0.6 is 11.8 Å². The SMILES string of the molecule is CC1C=CSC1C(=O)C=O. The average Bonchev–Trinajstić information content (AvgIpc) is 2.34. The number of allylic oxidation sites excluding steroid dienone is 1. The summed E-state index contributed by atoms with van der Waals surface area (Å²) >= 11 is 1.42. The van der Waals surface area contributed by atoms with Crippen LogP contribution < -0.4 is 0 Å². The normalized spacial score (nSPS) is 30.5. The number of hydrogen-bond donors (Lipinski definition) is 0. The highest BCUT2D eigenvalue weighted by Gasteiger charge is 2.25. The molecule has 0 radical (unpaired) electrons. The summed E-state index contributed by atoms with van der Waals surface area (Å²) in [5, 5.41) is 1.72. The van der Waals surface area contributed by atoms with Gasteiger partial charge in [0.2, 0.25) is 5.78 Å². The number of Topliss-reactive ketones (excluding diaryl/α,β-unsaturated/α-hetero) is 1. The first-order valence-corrected chi connectivity index (χ1v) is 4.01. The highest BCUT2D eigenvalue weighted by atomic mass is 32.2. The van der Waals surface area contributed by atoms with E-state index in [1.165, 1.54) is 11.8 Å². The van der Waals surface area contributed by atoms with Crippen LogP contribution in [0.4, 0.5) is 0 Å². The van der Waals surface area contributed by atoms with E-state index in [-0.39, 0.29) is 17.0 Å². The molecule has 1 heterocycles. The molecule has 2 unspecified atom stereocenters. The molecule has 0 aliphatic carbocycles. The predicted molar refractivity (Wildman–Crippen MR) is 40.8 cm³/mol. The predicted octanol–water partition coefficient (Wildman–Crippen LogP) is 1.02. The number of rotatable bonds is 2. The fraction of sp³-hybridized carbons (Fsp3) is 0.429. The molecule has 2 nitrogen and oxygen atoms in total. The molecule has 0 bridgehead atoms. The van der Waals surface area contributed by atoms with Gasteiger partial charge in [0.15, 0.2) is 6.29 Å². The Kier molecular flexibility index (Phi) is 2.27. The summed E-state index contributed by atoms with van der Waals surface area (Å²) in [6.45, 7) is 1.93. The third-order valence-electron chi connectivity index (χ3n) is 1.48. The zero-order valence-electron chi connectivity index (χ0n) is 5.61. The Bertz CT molecular complexity index is 186. The van der Waals surface area contributed by atoms with Gasteiger partial charge in [-0.25, -0.2) is 0 Å². The van der Waals surface area contributed by atoms with Crippen molar-refractivity contribution in [2.24, 2.45) is 5.92 Å². The van der Waals surface area contributed by atoms with E-state index in [4.69, 9.17) is 0 Å². The maximum atomic E-state index is 10.8. The van der Waals surface area contributed by atoms with Gasteiger partial charge >= 0.3 is 0 Å². The molecule has 1 aliphatic rings. The van der Waals surface area contributed by atoms with Crippen molar-refractivity contribution in [1.29, 1.82) is 0 Å². The maximum absolute atomic E-state index is 10.8. The minimum absolute atomic E-state index is 0.155. The Labute approximate surface area is 63.7 Å². The van der Waals surface area contributed by atoms with Crippen molar-refractivity contribution in [3.8, 4) is 0 Å². The molecular weight excluding hydrogens is 148 g/mol. The minimum atomic E-state index is -0.303. The van der Waals surface area contributed by atoms with Crippen LogP contribution in [0.15, 0.2) is 11.5 Å². The molecule has 2 atom stereocenters. The molecule has 0 aromatic heterocycles. The number of carbonyl (C=O) groups is 2. The molecular formula is C7H8O2S. The van der Waals surface area contributed by atoms with E-state index in [0.29, 0.717) is 6.29 Å². The molecule has 0 N–H and O–H groups in total. The minimum Gasteiger partial charge on any atom is -0.295 e. The summed E-state index contributed by atoms with van der Waals surface area (Å²) in [6.07, 6.45) is 2.35. The van der Waals surface area contributed by atoms with E-state index in [0.717, 1.165) is 0 Å². The maximum Gasteiger partial charge on any atom is 0.209 e. The van der Waals surface area contributed by atoms with E-state index in [1.807, 2.05) is 18.4 Å². The Balaban J connectivity index is 2.59. The lowest BCUT2D eigenvalue weighted by molar-refractivity contribution is -0.129. The average molecular weight is 156 g/mol. The van der Waals surface area contributed by atoms with Crippen molar-refractivity contribution in [3.05, 3.63) is 11.5 Å². The number of carbonyl (C=O) groups excluding carboxylic acids is 2. The molecule has 1 rings (SSSR count). The zero-order valence-corrected chi connectivity index (χ0v) is 6.43. The fourth-order valence-corrected chi connectivity index (χ4v) is 1.91. The van der Waals surface area contributed by atoms with Gasteiger partial charge in [0.05, 0.1) is 5.25 Å². The van der Waals surface area contributed by atoms with Gasteiger partial charge in [-0.2, -0.15) is 0 Å². The third kappa shape index (κ3) is 1.29. The van der Waals surface area contributed by atoms with Gasteiger partial charge in [0.1, 0.15) is 0 Å². The molecule has 1 aliphatic heterocycles. The lowest BCUT2D eigenvalue weighted by Crippen LogP contribution is -2.21. The summed E-state index contributed by atoms with van der Waals surface area (Å²) in [5.74, 6) is -0.0924. The lowest BCUT2D eigenvalue weighted by Gasteiger charge is -2.07. The van der Waals surface area contributed by atoms with Gasteiger partial charge in [0, 0.05) is 0 Å². The first-order valence-electron chi connectivity index (χ1n) is 3.07. The van der Waals surface area contributed by atoms with Crippen LogP contribution in [-0.4, -0.2) is 17.3 Å². The van der Waals surface area contributed by atoms with Gasteiger partial charge in [0.25, 0.3) is 0 Å². The van der Waals surface area contributed by atoms with Crippen molar-refractivity contribution in [2.45, 2.75) is 12.2 Å². The quantitative estimate of drug-likeness (QED) is 0.442. The van der Waals surface area contributed by atoms with Gasteiger partial charge in [-0.05, 0) is 11.3 Å². The van der Waals surface area contributed by atoms with Crippen LogP contribution in [-0.2, 0) is 9.59 Å². The van der Waals surface area contributed by atoms with E-state index in [9.17, 15) is 9.59 Å². The highest BCUT2D eigenvalue weighted by molar-refractivity contribution is 8.03. The first kappa shape index (κ1) is 7.54. The Morgan fingerprint density at radius 3 is 2.80 bits per heavy atom. The van der Waals surface area contributed by atoms with E-state index in [1.54, 1.807) is 0 Å². The van der Waals surface area contributed by atoms with Gasteiger partial charge in [-0.3, -0.25) is 9.59 Å². The van der Waals surface area contributed by atoms with Crippen LogP contribution in [0.2, 0.25) is 0 Å². The third-order valence-corrected chi connectivity index (χ3v) is 2.75. The summed E-state index contributed by atoms with van der Waals surface area (Å²) in [5.41, 5.74) is 0. The van der Waals surface area contributed by atoms with Crippen LogP contribution in [0.5, 0.6) is 0 Å². The van der Waals surface area contributed by atoms with Crippen LogP contribution in [0, 0.1) is 5.92 Å². The number of aldehydes is 1. The largest absolute Gasteiger partial charge is 0.295 e. The second-order valence-corrected chi connectivity index (χ2v) is 3.32. The van der Waals surface area contributed by atoms with Crippen molar-refractivity contribution in [2.75, 3.05) is 0 Å². The summed E-state index contributed by atoms with van der Waals surface area (Å²) in [4.78, 5) is 20.8. The Morgan fingerprint density at radius 2 is 2.40 bits per heavy atom. The molecule has 0 spiro atoms. The molecule has 0 aromatic carbocycles. The van der Waals surface area contributed by atoms with Gasteiger partial charge < -0.3 is 0 Å². The molecule has 3 heteroatoms. The van der Waals surface area contributed by atoms with Crippen LogP contribution in [0.1, 0.15) is 6.92 Å². The zero-order chi connectivity index (χ0) is 7.56. The molecule has 10 heavy (non-hydrogen) atoms. The van der Waals surface area contributed by atoms with Crippen molar-refractivity contribution in [3.63, 3.8) is 0 Å². The van der Waals surface area contributed by atoms with Gasteiger partial charge in [-0.1, -0.05) is 13.0 Å². The second kappa shape index (κ2) is 3.01. The highest BCUT2D eigenvalue weighted by Crippen LogP contribution is 2.29. The number of thioether (sulfide) groups is 1. The van der Waals surface area contributed by atoms with Crippen molar-refractivity contribution >= 4 is 23.8 Å². The fourth-order valence-electron chi connectivity index (χ4n) is 0.872. The van der Waals surface area contributed by atoms with E-state index < -0.39 is 0 Å². The molecule has 0 saturated carbocycles. The van der Waals surface area contributed by atoms with Crippen LogP contribution in [0.3, 0.4) is 0 Å². The topological polar surface area (TPSA) is 34.1 Å². The molecule has 0 amide bonds.